The summed E-state index contributed by atoms with van der Waals surface area (Å²) in [4.78, 5) is 6.32. The minimum Gasteiger partial charge on any atom is -0.314 e. The molecule has 1 atom stereocenters. The second-order valence-corrected chi connectivity index (χ2v) is 4.59. The van der Waals surface area contributed by atoms with E-state index in [0.29, 0.717) is 0 Å². The highest BCUT2D eigenvalue weighted by Crippen LogP contribution is 2.26. The SMILES string of the molecule is Cl.Cl.FC[C@@H](c1cccnc1Br)N1CCNCC1. The first kappa shape index (κ1) is 18.1. The molecule has 0 radical (unpaired) electrons. The summed E-state index contributed by atoms with van der Waals surface area (Å²) in [5, 5.41) is 3.27. The second kappa shape index (κ2) is 9.04. The number of pyridine rings is 1. The van der Waals surface area contributed by atoms with E-state index in [1.807, 2.05) is 12.1 Å². The van der Waals surface area contributed by atoms with Gasteiger partial charge in [0.1, 0.15) is 11.3 Å². The lowest BCUT2D eigenvalue weighted by Crippen LogP contribution is -2.45. The molecule has 0 spiro atoms. The van der Waals surface area contributed by atoms with Crippen molar-refractivity contribution in [3.8, 4) is 0 Å². The molecular formula is C11H17BrCl2FN3. The zero-order valence-corrected chi connectivity index (χ0v) is 13.0. The summed E-state index contributed by atoms with van der Waals surface area (Å²) in [6.45, 7) is 3.25. The molecule has 1 saturated heterocycles. The van der Waals surface area contributed by atoms with Crippen LogP contribution >= 0.6 is 40.7 Å². The predicted octanol–water partition coefficient (Wildman–Crippen LogP) is 2.60. The van der Waals surface area contributed by atoms with Gasteiger partial charge in [-0.15, -0.1) is 24.8 Å². The van der Waals surface area contributed by atoms with Crippen molar-refractivity contribution in [2.75, 3.05) is 32.9 Å². The molecule has 18 heavy (non-hydrogen) atoms. The zero-order valence-electron chi connectivity index (χ0n) is 9.81. The molecule has 0 aromatic carbocycles. The van der Waals surface area contributed by atoms with Gasteiger partial charge in [-0.05, 0) is 22.0 Å². The number of nitrogens with one attached hydrogen (secondary N) is 1. The number of hydrogen-bond acceptors (Lipinski definition) is 3. The van der Waals surface area contributed by atoms with E-state index in [4.69, 9.17) is 0 Å². The van der Waals surface area contributed by atoms with Gasteiger partial charge >= 0.3 is 0 Å². The number of nitrogens with zero attached hydrogens (tertiary/aromatic N) is 2. The molecule has 1 aromatic rings. The quantitative estimate of drug-likeness (QED) is 0.840. The Kier molecular flexibility index (Phi) is 9.07. The molecule has 0 bridgehead atoms. The van der Waals surface area contributed by atoms with Crippen molar-refractivity contribution in [2.24, 2.45) is 0 Å². The Morgan fingerprint density at radius 3 is 2.61 bits per heavy atom. The molecule has 0 aliphatic carbocycles. The van der Waals surface area contributed by atoms with E-state index in [1.54, 1.807) is 6.20 Å². The van der Waals surface area contributed by atoms with Crippen LogP contribution in [0.25, 0.3) is 0 Å². The van der Waals surface area contributed by atoms with Crippen molar-refractivity contribution >= 4 is 40.7 Å². The van der Waals surface area contributed by atoms with Crippen LogP contribution in [0.4, 0.5) is 4.39 Å². The van der Waals surface area contributed by atoms with Crippen molar-refractivity contribution < 1.29 is 4.39 Å². The number of piperazine rings is 1. The highest BCUT2D eigenvalue weighted by Gasteiger charge is 2.23. The van der Waals surface area contributed by atoms with Crippen molar-refractivity contribution in [2.45, 2.75) is 6.04 Å². The van der Waals surface area contributed by atoms with Crippen molar-refractivity contribution in [1.82, 2.24) is 15.2 Å². The van der Waals surface area contributed by atoms with Gasteiger partial charge in [0.25, 0.3) is 0 Å². The van der Waals surface area contributed by atoms with E-state index in [0.717, 1.165) is 36.3 Å². The highest BCUT2D eigenvalue weighted by molar-refractivity contribution is 9.10. The van der Waals surface area contributed by atoms with Crippen LogP contribution in [0.1, 0.15) is 11.6 Å². The van der Waals surface area contributed by atoms with Gasteiger partial charge in [-0.25, -0.2) is 9.37 Å². The van der Waals surface area contributed by atoms with Gasteiger partial charge in [-0.1, -0.05) is 6.07 Å². The molecule has 1 fully saturated rings. The summed E-state index contributed by atoms with van der Waals surface area (Å²) < 4.78 is 13.9. The van der Waals surface area contributed by atoms with Gasteiger partial charge in [0, 0.05) is 37.9 Å². The van der Waals surface area contributed by atoms with Crippen LogP contribution in [0.2, 0.25) is 0 Å². The second-order valence-electron chi connectivity index (χ2n) is 3.84. The Bertz CT molecular complexity index is 351. The standard InChI is InChI=1S/C11H15BrFN3.2ClH/c12-11-9(2-1-3-15-11)10(8-13)16-6-4-14-5-7-16;;/h1-3,10,14H,4-8H2;2*1H/t10-;;/m0../s1. The van der Waals surface area contributed by atoms with E-state index >= 15 is 0 Å². The summed E-state index contributed by atoms with van der Waals surface area (Å²) in [6.07, 6.45) is 1.71. The number of alkyl halides is 1. The highest BCUT2D eigenvalue weighted by atomic mass is 79.9. The van der Waals surface area contributed by atoms with Gasteiger partial charge in [0.05, 0.1) is 6.04 Å². The van der Waals surface area contributed by atoms with Crippen LogP contribution in [0.3, 0.4) is 0 Å². The molecule has 3 nitrogen and oxygen atoms in total. The fourth-order valence-electron chi connectivity index (χ4n) is 2.02. The van der Waals surface area contributed by atoms with Crippen LogP contribution in [-0.4, -0.2) is 42.7 Å². The van der Waals surface area contributed by atoms with Crippen molar-refractivity contribution in [1.29, 1.82) is 0 Å². The van der Waals surface area contributed by atoms with Gasteiger partial charge < -0.3 is 5.32 Å². The fraction of sp³-hybridized carbons (Fsp3) is 0.545. The summed E-state index contributed by atoms with van der Waals surface area (Å²) in [6, 6.07) is 3.61. The monoisotopic (exact) mass is 359 g/mol. The molecule has 1 aliphatic heterocycles. The summed E-state index contributed by atoms with van der Waals surface area (Å²) in [5.74, 6) is 0. The maximum atomic E-state index is 13.2. The smallest absolute Gasteiger partial charge is 0.110 e. The lowest BCUT2D eigenvalue weighted by atomic mass is 10.1. The summed E-state index contributed by atoms with van der Waals surface area (Å²) >= 11 is 3.38. The molecule has 2 rings (SSSR count). The maximum absolute atomic E-state index is 13.2. The van der Waals surface area contributed by atoms with Gasteiger partial charge in [-0.2, -0.15) is 0 Å². The largest absolute Gasteiger partial charge is 0.314 e. The fourth-order valence-corrected chi connectivity index (χ4v) is 2.53. The maximum Gasteiger partial charge on any atom is 0.110 e. The summed E-state index contributed by atoms with van der Waals surface area (Å²) in [7, 11) is 0. The Morgan fingerprint density at radius 2 is 2.06 bits per heavy atom. The third kappa shape index (κ3) is 4.31. The van der Waals surface area contributed by atoms with Gasteiger partial charge in [0.2, 0.25) is 0 Å². The molecule has 0 amide bonds. The minimum atomic E-state index is -0.371. The number of halogens is 4. The third-order valence-corrected chi connectivity index (χ3v) is 3.55. The van der Waals surface area contributed by atoms with E-state index in [9.17, 15) is 4.39 Å². The van der Waals surface area contributed by atoms with Gasteiger partial charge in [-0.3, -0.25) is 4.90 Å². The van der Waals surface area contributed by atoms with Crippen molar-refractivity contribution in [3.05, 3.63) is 28.5 Å². The number of aromatic nitrogens is 1. The molecule has 0 saturated carbocycles. The van der Waals surface area contributed by atoms with E-state index in [1.165, 1.54) is 0 Å². The van der Waals surface area contributed by atoms with E-state index in [-0.39, 0.29) is 37.5 Å². The van der Waals surface area contributed by atoms with Crippen LogP contribution in [0, 0.1) is 0 Å². The van der Waals surface area contributed by atoms with Crippen LogP contribution < -0.4 is 5.32 Å². The van der Waals surface area contributed by atoms with Crippen molar-refractivity contribution in [3.63, 3.8) is 0 Å². The number of hydrogen-bond donors (Lipinski definition) is 1. The lowest BCUT2D eigenvalue weighted by molar-refractivity contribution is 0.147. The lowest BCUT2D eigenvalue weighted by Gasteiger charge is -2.33. The first-order chi connectivity index (χ1) is 7.83. The molecule has 104 valence electrons. The molecule has 0 unspecified atom stereocenters. The minimum absolute atomic E-state index is 0. The first-order valence-corrected chi connectivity index (χ1v) is 6.23. The average Bonchev–Trinajstić information content (AvgIpc) is 2.34. The van der Waals surface area contributed by atoms with Crippen LogP contribution in [-0.2, 0) is 0 Å². The number of rotatable bonds is 3. The average molecular weight is 361 g/mol. The van der Waals surface area contributed by atoms with E-state index in [2.05, 4.69) is 31.1 Å². The molecule has 1 N–H and O–H groups in total. The Morgan fingerprint density at radius 1 is 1.39 bits per heavy atom. The normalized spacial score (nSPS) is 17.4. The molecular weight excluding hydrogens is 344 g/mol. The molecule has 2 heterocycles. The molecule has 7 heteroatoms. The van der Waals surface area contributed by atoms with Crippen LogP contribution in [0.5, 0.6) is 0 Å². The molecule has 1 aliphatic rings. The first-order valence-electron chi connectivity index (χ1n) is 5.44. The molecule has 1 aromatic heterocycles. The van der Waals surface area contributed by atoms with E-state index < -0.39 is 0 Å². The van der Waals surface area contributed by atoms with Crippen LogP contribution in [0.15, 0.2) is 22.9 Å². The van der Waals surface area contributed by atoms with Gasteiger partial charge in [0.15, 0.2) is 0 Å². The third-order valence-electron chi connectivity index (χ3n) is 2.89. The predicted molar refractivity (Wildman–Crippen MR) is 79.6 cm³/mol. The Hall–Kier alpha value is 0.0600. The zero-order chi connectivity index (χ0) is 11.4. The topological polar surface area (TPSA) is 28.2 Å². The Labute approximate surface area is 127 Å². The summed E-state index contributed by atoms with van der Waals surface area (Å²) in [5.41, 5.74) is 0.937. The Balaban J connectivity index is 0.00000144.